The van der Waals surface area contributed by atoms with Gasteiger partial charge in [0.1, 0.15) is 0 Å². The van der Waals surface area contributed by atoms with Crippen LogP contribution in [0.3, 0.4) is 0 Å². The molecule has 0 aromatic rings. The summed E-state index contributed by atoms with van der Waals surface area (Å²) in [6.07, 6.45) is 4.66. The summed E-state index contributed by atoms with van der Waals surface area (Å²) in [7, 11) is 2.14. The van der Waals surface area contributed by atoms with Crippen molar-refractivity contribution in [2.24, 2.45) is 17.6 Å². The molecule has 0 bridgehead atoms. The second kappa shape index (κ2) is 4.94. The lowest BCUT2D eigenvalue weighted by molar-refractivity contribution is -0.126. The number of rotatable bonds is 4. The number of hydrogen-bond acceptors (Lipinski definition) is 3. The highest BCUT2D eigenvalue weighted by Crippen LogP contribution is 2.38. The smallest absolute Gasteiger partial charge is 0.240 e. The summed E-state index contributed by atoms with van der Waals surface area (Å²) in [5.41, 5.74) is 5.43. The minimum Gasteiger partial charge on any atom is -0.354 e. The molecule has 2 rings (SSSR count). The number of nitrogens with one attached hydrogen (secondary N) is 1. The van der Waals surface area contributed by atoms with Crippen LogP contribution in [0.2, 0.25) is 0 Å². The minimum atomic E-state index is -0.652. The normalized spacial score (nSPS) is 29.7. The van der Waals surface area contributed by atoms with Crippen LogP contribution in [-0.4, -0.2) is 43.0 Å². The highest BCUT2D eigenvalue weighted by atomic mass is 16.2. The third kappa shape index (κ3) is 3.19. The van der Waals surface area contributed by atoms with Gasteiger partial charge in [0.05, 0.1) is 5.54 Å². The lowest BCUT2D eigenvalue weighted by Gasteiger charge is -2.31. The van der Waals surface area contributed by atoms with Crippen molar-refractivity contribution < 1.29 is 4.79 Å². The molecule has 3 N–H and O–H groups in total. The van der Waals surface area contributed by atoms with Gasteiger partial charge in [-0.3, -0.25) is 4.79 Å². The van der Waals surface area contributed by atoms with Gasteiger partial charge in [-0.05, 0) is 58.0 Å². The zero-order valence-electron chi connectivity index (χ0n) is 11.0. The Labute approximate surface area is 104 Å². The van der Waals surface area contributed by atoms with Gasteiger partial charge >= 0.3 is 0 Å². The van der Waals surface area contributed by atoms with Crippen LogP contribution in [0.25, 0.3) is 0 Å². The first kappa shape index (κ1) is 12.8. The topological polar surface area (TPSA) is 58.4 Å². The third-order valence-electron chi connectivity index (χ3n) is 4.19. The van der Waals surface area contributed by atoms with E-state index in [2.05, 4.69) is 17.3 Å². The van der Waals surface area contributed by atoms with Gasteiger partial charge in [0.15, 0.2) is 0 Å². The molecule has 4 heteroatoms. The van der Waals surface area contributed by atoms with E-state index in [1.165, 1.54) is 19.4 Å². The molecule has 1 saturated carbocycles. The molecule has 1 heterocycles. The molecule has 1 aliphatic carbocycles. The Hall–Kier alpha value is -0.610. The van der Waals surface area contributed by atoms with Crippen LogP contribution in [0.15, 0.2) is 0 Å². The fourth-order valence-electron chi connectivity index (χ4n) is 2.74. The molecule has 2 aliphatic rings. The third-order valence-corrected chi connectivity index (χ3v) is 4.19. The monoisotopic (exact) mass is 239 g/mol. The van der Waals surface area contributed by atoms with E-state index < -0.39 is 5.54 Å². The summed E-state index contributed by atoms with van der Waals surface area (Å²) >= 11 is 0. The van der Waals surface area contributed by atoms with Gasteiger partial charge in [-0.25, -0.2) is 0 Å². The molecule has 2 atom stereocenters. The highest BCUT2D eigenvalue weighted by molar-refractivity contribution is 5.86. The number of amides is 1. The number of carbonyl (C=O) groups excluding carboxylic acids is 1. The zero-order chi connectivity index (χ0) is 12.5. The maximum Gasteiger partial charge on any atom is 0.240 e. The average Bonchev–Trinajstić information content (AvgIpc) is 3.09. The van der Waals surface area contributed by atoms with Gasteiger partial charge in [-0.2, -0.15) is 0 Å². The van der Waals surface area contributed by atoms with E-state index in [9.17, 15) is 4.79 Å². The Morgan fingerprint density at radius 3 is 2.76 bits per heavy atom. The number of carbonyl (C=O) groups is 1. The average molecular weight is 239 g/mol. The van der Waals surface area contributed by atoms with Crippen LogP contribution >= 0.6 is 0 Å². The van der Waals surface area contributed by atoms with Gasteiger partial charge in [0, 0.05) is 13.1 Å². The van der Waals surface area contributed by atoms with E-state index in [0.29, 0.717) is 11.8 Å². The molecular formula is C13H25N3O. The number of likely N-dealkylation sites (tertiary alicyclic amines) is 1. The van der Waals surface area contributed by atoms with E-state index in [1.54, 1.807) is 0 Å². The molecule has 2 unspecified atom stereocenters. The van der Waals surface area contributed by atoms with Crippen LogP contribution in [0.4, 0.5) is 0 Å². The predicted molar refractivity (Wildman–Crippen MR) is 68.5 cm³/mol. The summed E-state index contributed by atoms with van der Waals surface area (Å²) in [6, 6.07) is 0. The molecule has 4 nitrogen and oxygen atoms in total. The van der Waals surface area contributed by atoms with Crippen molar-refractivity contribution in [3.05, 3.63) is 0 Å². The Kier molecular flexibility index (Phi) is 3.73. The Balaban J connectivity index is 1.75. The van der Waals surface area contributed by atoms with E-state index in [4.69, 9.17) is 5.73 Å². The predicted octanol–water partition coefficient (Wildman–Crippen LogP) is 0.572. The van der Waals surface area contributed by atoms with Crippen molar-refractivity contribution in [2.45, 2.75) is 38.1 Å². The SMILES string of the molecule is CN1CCCC(CNC(=O)C(C)(N)C2CC2)C1. The highest BCUT2D eigenvalue weighted by Gasteiger charge is 2.44. The van der Waals surface area contributed by atoms with Crippen molar-refractivity contribution in [3.8, 4) is 0 Å². The second-order valence-corrected chi connectivity index (χ2v) is 6.04. The molecule has 0 aromatic carbocycles. The molecule has 17 heavy (non-hydrogen) atoms. The molecule has 98 valence electrons. The van der Waals surface area contributed by atoms with Crippen LogP contribution in [0, 0.1) is 11.8 Å². The maximum atomic E-state index is 12.0. The largest absolute Gasteiger partial charge is 0.354 e. The quantitative estimate of drug-likeness (QED) is 0.754. The van der Waals surface area contributed by atoms with Gasteiger partial charge in [0.2, 0.25) is 5.91 Å². The first-order chi connectivity index (χ1) is 8.00. The van der Waals surface area contributed by atoms with E-state index in [0.717, 1.165) is 25.9 Å². The number of nitrogens with zero attached hydrogens (tertiary/aromatic N) is 1. The summed E-state index contributed by atoms with van der Waals surface area (Å²) in [5, 5.41) is 3.04. The van der Waals surface area contributed by atoms with Gasteiger partial charge < -0.3 is 16.0 Å². The van der Waals surface area contributed by atoms with Crippen LogP contribution in [0.1, 0.15) is 32.6 Å². The van der Waals surface area contributed by atoms with Crippen molar-refractivity contribution in [2.75, 3.05) is 26.7 Å². The Morgan fingerprint density at radius 2 is 2.18 bits per heavy atom. The Bertz CT molecular complexity index is 286. The zero-order valence-corrected chi connectivity index (χ0v) is 11.0. The summed E-state index contributed by atoms with van der Waals surface area (Å²) < 4.78 is 0. The van der Waals surface area contributed by atoms with Crippen LogP contribution in [0.5, 0.6) is 0 Å². The first-order valence-electron chi connectivity index (χ1n) is 6.76. The van der Waals surface area contributed by atoms with Crippen LogP contribution in [-0.2, 0) is 4.79 Å². The Morgan fingerprint density at radius 1 is 1.47 bits per heavy atom. The van der Waals surface area contributed by atoms with Crippen molar-refractivity contribution in [1.29, 1.82) is 0 Å². The maximum absolute atomic E-state index is 12.0. The van der Waals surface area contributed by atoms with Crippen LogP contribution < -0.4 is 11.1 Å². The van der Waals surface area contributed by atoms with E-state index in [1.807, 2.05) is 6.92 Å². The van der Waals surface area contributed by atoms with Gasteiger partial charge in [-0.15, -0.1) is 0 Å². The molecule has 2 fully saturated rings. The molecule has 0 radical (unpaired) electrons. The molecular weight excluding hydrogens is 214 g/mol. The number of piperidine rings is 1. The standard InChI is InChI=1S/C13H25N3O/c1-13(14,11-5-6-11)12(17)15-8-10-4-3-7-16(2)9-10/h10-11H,3-9,14H2,1-2H3,(H,15,17). The summed E-state index contributed by atoms with van der Waals surface area (Å²) in [6.45, 7) is 4.92. The van der Waals surface area contributed by atoms with Gasteiger partial charge in [0.25, 0.3) is 0 Å². The molecule has 1 aliphatic heterocycles. The van der Waals surface area contributed by atoms with Gasteiger partial charge in [-0.1, -0.05) is 0 Å². The lowest BCUT2D eigenvalue weighted by Crippen LogP contribution is -2.54. The molecule has 0 aromatic heterocycles. The van der Waals surface area contributed by atoms with Crippen molar-refractivity contribution in [1.82, 2.24) is 10.2 Å². The second-order valence-electron chi connectivity index (χ2n) is 6.04. The fraction of sp³-hybridized carbons (Fsp3) is 0.923. The lowest BCUT2D eigenvalue weighted by atomic mass is 9.94. The number of hydrogen-bond donors (Lipinski definition) is 2. The molecule has 1 amide bonds. The summed E-state index contributed by atoms with van der Waals surface area (Å²) in [5.74, 6) is 1.03. The number of nitrogens with two attached hydrogens (primary N) is 1. The minimum absolute atomic E-state index is 0.0354. The van der Waals surface area contributed by atoms with Crippen molar-refractivity contribution >= 4 is 5.91 Å². The van der Waals surface area contributed by atoms with E-state index >= 15 is 0 Å². The summed E-state index contributed by atoms with van der Waals surface area (Å²) in [4.78, 5) is 14.4. The molecule has 0 spiro atoms. The fourth-order valence-corrected chi connectivity index (χ4v) is 2.74. The van der Waals surface area contributed by atoms with E-state index in [-0.39, 0.29) is 5.91 Å². The van der Waals surface area contributed by atoms with Crippen molar-refractivity contribution in [3.63, 3.8) is 0 Å². The first-order valence-corrected chi connectivity index (χ1v) is 6.76. The molecule has 1 saturated heterocycles.